The van der Waals surface area contributed by atoms with Gasteiger partial charge in [0.1, 0.15) is 0 Å². The summed E-state index contributed by atoms with van der Waals surface area (Å²) in [6.07, 6.45) is 1.30. The fourth-order valence-corrected chi connectivity index (χ4v) is 1.81. The van der Waals surface area contributed by atoms with E-state index in [-0.39, 0.29) is 22.0 Å². The highest BCUT2D eigenvalue weighted by Gasteiger charge is 2.10. The minimum atomic E-state index is -0.426. The Kier molecular flexibility index (Phi) is 4.24. The summed E-state index contributed by atoms with van der Waals surface area (Å²) in [5.74, 6) is -0.514. The maximum atomic E-state index is 12.0. The van der Waals surface area contributed by atoms with Gasteiger partial charge >= 0.3 is 0 Å². The Morgan fingerprint density at radius 3 is 2.57 bits per heavy atom. The van der Waals surface area contributed by atoms with E-state index in [9.17, 15) is 9.59 Å². The van der Waals surface area contributed by atoms with Crippen LogP contribution in [-0.2, 0) is 0 Å². The van der Waals surface area contributed by atoms with Crippen molar-refractivity contribution in [3.05, 3.63) is 63.0 Å². The lowest BCUT2D eigenvalue weighted by atomic mass is 10.2. The van der Waals surface area contributed by atoms with Crippen LogP contribution in [0.2, 0.25) is 5.02 Å². The van der Waals surface area contributed by atoms with Gasteiger partial charge < -0.3 is 21.2 Å². The first kappa shape index (κ1) is 14.6. The predicted molar refractivity (Wildman–Crippen MR) is 79.0 cm³/mol. The molecule has 5 N–H and O–H groups in total. The van der Waals surface area contributed by atoms with Crippen molar-refractivity contribution in [1.29, 1.82) is 0 Å². The molecule has 2 aromatic rings. The topological polar surface area (TPSA) is 121 Å². The number of carbonyl (C=O) groups is 1. The van der Waals surface area contributed by atoms with Crippen molar-refractivity contribution >= 4 is 29.0 Å². The standard InChI is InChI=1S/C13H11ClN4O3/c14-9-5-7(12(15)18-21)1-3-10(9)17-13(20)8-2-4-11(19)16-6-8/h1-6,21H,(H2,15,18)(H,16,19)(H,17,20). The summed E-state index contributed by atoms with van der Waals surface area (Å²) in [4.78, 5) is 25.3. The molecule has 0 aliphatic heterocycles. The first-order valence-corrected chi connectivity index (χ1v) is 6.16. The maximum Gasteiger partial charge on any atom is 0.257 e. The van der Waals surface area contributed by atoms with E-state index < -0.39 is 5.91 Å². The van der Waals surface area contributed by atoms with Gasteiger partial charge in [-0.1, -0.05) is 16.8 Å². The quantitative estimate of drug-likeness (QED) is 0.296. The van der Waals surface area contributed by atoms with Gasteiger partial charge in [-0.3, -0.25) is 9.59 Å². The molecule has 7 nitrogen and oxygen atoms in total. The molecule has 0 aliphatic carbocycles. The van der Waals surface area contributed by atoms with Gasteiger partial charge in [0.2, 0.25) is 5.56 Å². The molecule has 0 saturated heterocycles. The number of oxime groups is 1. The first-order chi connectivity index (χ1) is 10.0. The van der Waals surface area contributed by atoms with E-state index in [0.717, 1.165) is 0 Å². The summed E-state index contributed by atoms with van der Waals surface area (Å²) in [7, 11) is 0. The van der Waals surface area contributed by atoms with Gasteiger partial charge in [0.25, 0.3) is 5.91 Å². The Hall–Kier alpha value is -2.80. The molecular weight excluding hydrogens is 296 g/mol. The lowest BCUT2D eigenvalue weighted by Gasteiger charge is -2.08. The first-order valence-electron chi connectivity index (χ1n) is 5.79. The number of aromatic nitrogens is 1. The number of halogens is 1. The van der Waals surface area contributed by atoms with Crippen LogP contribution in [0.25, 0.3) is 0 Å². The highest BCUT2D eigenvalue weighted by atomic mass is 35.5. The maximum absolute atomic E-state index is 12.0. The zero-order valence-corrected chi connectivity index (χ0v) is 11.4. The van der Waals surface area contributed by atoms with Crippen molar-refractivity contribution in [3.8, 4) is 0 Å². The second-order valence-corrected chi connectivity index (χ2v) is 4.48. The molecule has 108 valence electrons. The minimum absolute atomic E-state index is 0.0876. The number of aromatic amines is 1. The third kappa shape index (κ3) is 3.40. The Morgan fingerprint density at radius 2 is 2.00 bits per heavy atom. The number of nitrogens with zero attached hydrogens (tertiary/aromatic N) is 1. The van der Waals surface area contributed by atoms with Crippen molar-refractivity contribution in [2.75, 3.05) is 5.32 Å². The highest BCUT2D eigenvalue weighted by Crippen LogP contribution is 2.23. The molecule has 0 unspecified atom stereocenters. The lowest BCUT2D eigenvalue weighted by Crippen LogP contribution is -2.16. The fraction of sp³-hybridized carbons (Fsp3) is 0. The molecule has 0 aliphatic rings. The van der Waals surface area contributed by atoms with Gasteiger partial charge in [-0.05, 0) is 24.3 Å². The summed E-state index contributed by atoms with van der Waals surface area (Å²) >= 11 is 6.02. The number of amides is 1. The van der Waals surface area contributed by atoms with E-state index in [4.69, 9.17) is 22.5 Å². The SMILES string of the molecule is N/C(=N/O)c1ccc(NC(=O)c2ccc(=O)[nH]c2)c(Cl)c1. The number of benzene rings is 1. The Bertz CT molecular complexity index is 750. The zero-order chi connectivity index (χ0) is 15.4. The van der Waals surface area contributed by atoms with E-state index in [1.54, 1.807) is 6.07 Å². The van der Waals surface area contributed by atoms with Crippen LogP contribution in [0.5, 0.6) is 0 Å². The Morgan fingerprint density at radius 1 is 1.29 bits per heavy atom. The molecule has 1 amide bonds. The smallest absolute Gasteiger partial charge is 0.257 e. The number of amidine groups is 1. The van der Waals surface area contributed by atoms with Crippen LogP contribution in [0.4, 0.5) is 5.69 Å². The largest absolute Gasteiger partial charge is 0.409 e. The third-order valence-corrected chi connectivity index (χ3v) is 2.98. The van der Waals surface area contributed by atoms with Crippen LogP contribution >= 0.6 is 11.6 Å². The molecule has 0 fully saturated rings. The van der Waals surface area contributed by atoms with Crippen LogP contribution in [-0.4, -0.2) is 21.9 Å². The molecule has 0 spiro atoms. The minimum Gasteiger partial charge on any atom is -0.409 e. The molecule has 21 heavy (non-hydrogen) atoms. The zero-order valence-electron chi connectivity index (χ0n) is 10.6. The van der Waals surface area contributed by atoms with Crippen LogP contribution < -0.4 is 16.6 Å². The second-order valence-electron chi connectivity index (χ2n) is 4.08. The molecule has 0 bridgehead atoms. The number of nitrogens with two attached hydrogens (primary N) is 1. The van der Waals surface area contributed by atoms with Gasteiger partial charge in [0.05, 0.1) is 16.3 Å². The Labute approximate surface area is 124 Å². The van der Waals surface area contributed by atoms with Crippen LogP contribution in [0.15, 0.2) is 46.5 Å². The normalized spacial score (nSPS) is 11.2. The van der Waals surface area contributed by atoms with Gasteiger partial charge in [0.15, 0.2) is 5.84 Å². The van der Waals surface area contributed by atoms with E-state index >= 15 is 0 Å². The van der Waals surface area contributed by atoms with Gasteiger partial charge in [0, 0.05) is 17.8 Å². The van der Waals surface area contributed by atoms with Crippen LogP contribution in [0.1, 0.15) is 15.9 Å². The molecule has 2 rings (SSSR count). The predicted octanol–water partition coefficient (Wildman–Crippen LogP) is 1.38. The van der Waals surface area contributed by atoms with Crippen molar-refractivity contribution in [3.63, 3.8) is 0 Å². The summed E-state index contributed by atoms with van der Waals surface area (Å²) in [5, 5.41) is 14.3. The molecule has 0 atom stereocenters. The number of anilines is 1. The van der Waals surface area contributed by atoms with E-state index in [2.05, 4.69) is 15.5 Å². The van der Waals surface area contributed by atoms with Gasteiger partial charge in [-0.25, -0.2) is 0 Å². The highest BCUT2D eigenvalue weighted by molar-refractivity contribution is 6.34. The van der Waals surface area contributed by atoms with Crippen LogP contribution in [0, 0.1) is 0 Å². The molecule has 1 heterocycles. The molecule has 8 heteroatoms. The summed E-state index contributed by atoms with van der Waals surface area (Å²) in [5.41, 5.74) is 6.21. The summed E-state index contributed by atoms with van der Waals surface area (Å²) in [6, 6.07) is 7.17. The monoisotopic (exact) mass is 306 g/mol. The third-order valence-electron chi connectivity index (χ3n) is 2.67. The van der Waals surface area contributed by atoms with E-state index in [1.165, 1.54) is 30.5 Å². The molecular formula is C13H11ClN4O3. The number of H-pyrrole nitrogens is 1. The number of hydrogen-bond donors (Lipinski definition) is 4. The van der Waals surface area contributed by atoms with Gasteiger partial charge in [-0.15, -0.1) is 0 Å². The molecule has 0 radical (unpaired) electrons. The summed E-state index contributed by atoms with van der Waals surface area (Å²) in [6.45, 7) is 0. The fourth-order valence-electron chi connectivity index (χ4n) is 1.58. The molecule has 1 aromatic heterocycles. The lowest BCUT2D eigenvalue weighted by molar-refractivity contribution is 0.102. The number of nitrogens with one attached hydrogen (secondary N) is 2. The number of hydrogen-bond acceptors (Lipinski definition) is 4. The summed E-state index contributed by atoms with van der Waals surface area (Å²) < 4.78 is 0. The Balaban J connectivity index is 2.22. The van der Waals surface area contributed by atoms with E-state index in [1.807, 2.05) is 0 Å². The average molecular weight is 307 g/mol. The van der Waals surface area contributed by atoms with Crippen molar-refractivity contribution in [1.82, 2.24) is 4.98 Å². The van der Waals surface area contributed by atoms with Crippen molar-refractivity contribution in [2.45, 2.75) is 0 Å². The number of carbonyl (C=O) groups excluding carboxylic acids is 1. The second kappa shape index (κ2) is 6.10. The number of rotatable bonds is 3. The van der Waals surface area contributed by atoms with Gasteiger partial charge in [-0.2, -0.15) is 0 Å². The van der Waals surface area contributed by atoms with Crippen LogP contribution in [0.3, 0.4) is 0 Å². The average Bonchev–Trinajstić information content (AvgIpc) is 2.49. The molecule has 0 saturated carbocycles. The van der Waals surface area contributed by atoms with E-state index in [0.29, 0.717) is 11.3 Å². The van der Waals surface area contributed by atoms with Crippen molar-refractivity contribution < 1.29 is 10.0 Å². The molecule has 1 aromatic carbocycles. The van der Waals surface area contributed by atoms with Crippen molar-refractivity contribution in [2.24, 2.45) is 10.9 Å². The number of pyridine rings is 1.